The molecule has 0 saturated carbocycles. The standard InChI is InChI=1S/C33H52N8O5/c1-21(2)29-37-31(46-38-29)39-12-9-24(10-13-39)23(4)11-15-44-25-17-34-30(35-18-25)40-19-26(36-32(43)45-33(5,6)7)27(20-40)41-14-8-22(3)16-28(41)42/h17-18,21-24,26-27H,8-16,19-20H2,1-7H3,(H,36,43)/t22?,23?,26-,27-/m0/s1. The van der Waals surface area contributed by atoms with Gasteiger partial charge in [0.25, 0.3) is 0 Å². The predicted molar refractivity (Wildman–Crippen MR) is 174 cm³/mol. The van der Waals surface area contributed by atoms with Gasteiger partial charge in [-0.15, -0.1) is 0 Å². The van der Waals surface area contributed by atoms with Gasteiger partial charge in [-0.25, -0.2) is 14.8 Å². The molecule has 0 bridgehead atoms. The van der Waals surface area contributed by atoms with E-state index in [1.807, 2.05) is 30.6 Å². The van der Waals surface area contributed by atoms with E-state index in [-0.39, 0.29) is 23.9 Å². The summed E-state index contributed by atoms with van der Waals surface area (Å²) >= 11 is 0. The second-order valence-electron chi connectivity index (χ2n) is 14.7. The summed E-state index contributed by atoms with van der Waals surface area (Å²) in [5.41, 5.74) is -0.615. The molecular formula is C33H52N8O5. The van der Waals surface area contributed by atoms with Crippen molar-refractivity contribution in [2.24, 2.45) is 17.8 Å². The van der Waals surface area contributed by atoms with E-state index in [2.05, 4.69) is 58.0 Å². The fraction of sp³-hybridized carbons (Fsp3) is 0.758. The van der Waals surface area contributed by atoms with E-state index >= 15 is 0 Å². The SMILES string of the molecule is CC1CCN([C@H]2CN(c3ncc(OCCC(C)C4CCN(c5nc(C(C)C)no5)CC4)cn3)C[C@@H]2NC(=O)OC(C)(C)C)C(=O)C1. The van der Waals surface area contributed by atoms with Gasteiger partial charge in [0.2, 0.25) is 11.9 Å². The second kappa shape index (κ2) is 14.4. The van der Waals surface area contributed by atoms with Crippen LogP contribution in [0.4, 0.5) is 16.8 Å². The fourth-order valence-corrected chi connectivity index (χ4v) is 6.61. The van der Waals surface area contributed by atoms with Gasteiger partial charge in [0.1, 0.15) is 5.60 Å². The quantitative estimate of drug-likeness (QED) is 0.388. The van der Waals surface area contributed by atoms with Crippen LogP contribution in [-0.2, 0) is 9.53 Å². The van der Waals surface area contributed by atoms with Gasteiger partial charge in [0.05, 0.1) is 31.1 Å². The Morgan fingerprint density at radius 3 is 2.41 bits per heavy atom. The maximum Gasteiger partial charge on any atom is 0.408 e. The largest absolute Gasteiger partial charge is 0.490 e. The summed E-state index contributed by atoms with van der Waals surface area (Å²) < 4.78 is 17.1. The normalized spacial score (nSPS) is 23.6. The number of hydrogen-bond donors (Lipinski definition) is 1. The summed E-state index contributed by atoms with van der Waals surface area (Å²) in [6, 6.07) is 0.144. The summed E-state index contributed by atoms with van der Waals surface area (Å²) in [6.45, 7) is 18.2. The van der Waals surface area contributed by atoms with Crippen LogP contribution in [0.1, 0.15) is 92.3 Å². The molecule has 0 aliphatic carbocycles. The monoisotopic (exact) mass is 640 g/mol. The van der Waals surface area contributed by atoms with Gasteiger partial charge in [0.15, 0.2) is 11.6 Å². The lowest BCUT2D eigenvalue weighted by Crippen LogP contribution is -2.55. The molecule has 2 unspecified atom stereocenters. The zero-order chi connectivity index (χ0) is 33.0. The molecule has 254 valence electrons. The molecule has 5 heterocycles. The number of alkyl carbamates (subject to hydrolysis) is 1. The minimum Gasteiger partial charge on any atom is -0.490 e. The molecule has 0 spiro atoms. The maximum absolute atomic E-state index is 13.0. The number of amides is 2. The first kappa shape index (κ1) is 33.7. The molecule has 5 rings (SSSR count). The number of likely N-dealkylation sites (tertiary alicyclic amines) is 1. The first-order valence-corrected chi connectivity index (χ1v) is 16.9. The summed E-state index contributed by atoms with van der Waals surface area (Å²) in [5, 5.41) is 7.12. The molecule has 4 atom stereocenters. The Kier molecular flexibility index (Phi) is 10.6. The predicted octanol–water partition coefficient (Wildman–Crippen LogP) is 4.65. The lowest BCUT2D eigenvalue weighted by Gasteiger charge is -2.37. The third-order valence-corrected chi connectivity index (χ3v) is 9.40. The zero-order valence-electron chi connectivity index (χ0n) is 28.6. The molecule has 2 aromatic rings. The molecule has 0 aromatic carbocycles. The van der Waals surface area contributed by atoms with E-state index in [4.69, 9.17) is 14.0 Å². The van der Waals surface area contributed by atoms with Crippen LogP contribution in [0.2, 0.25) is 0 Å². The number of anilines is 2. The lowest BCUT2D eigenvalue weighted by molar-refractivity contribution is -0.137. The number of nitrogens with zero attached hydrogens (tertiary/aromatic N) is 7. The Morgan fingerprint density at radius 1 is 1.07 bits per heavy atom. The molecule has 2 amide bonds. The Morgan fingerprint density at radius 2 is 1.78 bits per heavy atom. The number of aromatic nitrogens is 4. The topological polar surface area (TPSA) is 139 Å². The highest BCUT2D eigenvalue weighted by molar-refractivity contribution is 5.78. The van der Waals surface area contributed by atoms with Crippen molar-refractivity contribution in [3.63, 3.8) is 0 Å². The van der Waals surface area contributed by atoms with E-state index in [0.717, 1.165) is 44.6 Å². The van der Waals surface area contributed by atoms with Crippen molar-refractivity contribution in [2.45, 2.75) is 104 Å². The highest BCUT2D eigenvalue weighted by atomic mass is 16.6. The highest BCUT2D eigenvalue weighted by Gasteiger charge is 2.42. The van der Waals surface area contributed by atoms with Gasteiger partial charge in [0, 0.05) is 45.1 Å². The van der Waals surface area contributed by atoms with Crippen LogP contribution in [0.25, 0.3) is 0 Å². The van der Waals surface area contributed by atoms with Gasteiger partial charge in [-0.3, -0.25) is 4.79 Å². The van der Waals surface area contributed by atoms with E-state index in [1.54, 1.807) is 12.4 Å². The summed E-state index contributed by atoms with van der Waals surface area (Å²) in [7, 11) is 0. The van der Waals surface area contributed by atoms with Crippen molar-refractivity contribution in [2.75, 3.05) is 49.1 Å². The molecule has 2 aromatic heterocycles. The number of hydrogen-bond acceptors (Lipinski definition) is 11. The van der Waals surface area contributed by atoms with Crippen molar-refractivity contribution in [3.05, 3.63) is 18.2 Å². The summed E-state index contributed by atoms with van der Waals surface area (Å²) in [4.78, 5) is 45.6. The molecule has 3 fully saturated rings. The molecule has 3 aliphatic rings. The van der Waals surface area contributed by atoms with Crippen molar-refractivity contribution in [3.8, 4) is 5.75 Å². The highest BCUT2D eigenvalue weighted by Crippen LogP contribution is 2.30. The molecule has 3 saturated heterocycles. The Hall–Kier alpha value is -3.64. The van der Waals surface area contributed by atoms with E-state index in [9.17, 15) is 9.59 Å². The maximum atomic E-state index is 13.0. The van der Waals surface area contributed by atoms with Crippen LogP contribution in [0.15, 0.2) is 16.9 Å². The minimum absolute atomic E-state index is 0.123. The lowest BCUT2D eigenvalue weighted by atomic mass is 9.84. The van der Waals surface area contributed by atoms with Crippen LogP contribution in [0.3, 0.4) is 0 Å². The number of piperidine rings is 2. The molecule has 3 aliphatic heterocycles. The molecule has 13 nitrogen and oxygen atoms in total. The number of carbonyl (C=O) groups excluding carboxylic acids is 2. The van der Waals surface area contributed by atoms with Crippen LogP contribution in [-0.4, -0.2) is 94.0 Å². The van der Waals surface area contributed by atoms with Gasteiger partial charge in [-0.1, -0.05) is 32.9 Å². The van der Waals surface area contributed by atoms with Crippen molar-refractivity contribution < 1.29 is 23.6 Å². The van der Waals surface area contributed by atoms with Gasteiger partial charge < -0.3 is 34.0 Å². The third-order valence-electron chi connectivity index (χ3n) is 9.40. The average Bonchev–Trinajstić information content (AvgIpc) is 3.65. The van der Waals surface area contributed by atoms with E-state index < -0.39 is 11.7 Å². The van der Waals surface area contributed by atoms with Crippen LogP contribution < -0.4 is 19.9 Å². The van der Waals surface area contributed by atoms with Crippen LogP contribution in [0.5, 0.6) is 5.75 Å². The minimum atomic E-state index is -0.615. The Bertz CT molecular complexity index is 1300. The first-order chi connectivity index (χ1) is 21.9. The molecule has 13 heteroatoms. The number of ether oxygens (including phenoxy) is 2. The fourth-order valence-electron chi connectivity index (χ4n) is 6.61. The first-order valence-electron chi connectivity index (χ1n) is 16.9. The third kappa shape index (κ3) is 8.58. The number of nitrogens with one attached hydrogen (secondary N) is 1. The molecule has 1 N–H and O–H groups in total. The van der Waals surface area contributed by atoms with Crippen molar-refractivity contribution in [1.82, 2.24) is 30.3 Å². The van der Waals surface area contributed by atoms with Crippen molar-refractivity contribution >= 4 is 24.0 Å². The average molecular weight is 641 g/mol. The van der Waals surface area contributed by atoms with Crippen molar-refractivity contribution in [1.29, 1.82) is 0 Å². The molecule has 46 heavy (non-hydrogen) atoms. The summed E-state index contributed by atoms with van der Waals surface area (Å²) in [6.07, 6.45) is 7.51. The van der Waals surface area contributed by atoms with Crippen LogP contribution in [0, 0.1) is 17.8 Å². The van der Waals surface area contributed by atoms with Gasteiger partial charge in [-0.2, -0.15) is 4.98 Å². The Balaban J connectivity index is 1.11. The van der Waals surface area contributed by atoms with Gasteiger partial charge >= 0.3 is 12.1 Å². The smallest absolute Gasteiger partial charge is 0.408 e. The van der Waals surface area contributed by atoms with E-state index in [1.165, 1.54) is 0 Å². The summed E-state index contributed by atoms with van der Waals surface area (Å²) in [5.74, 6) is 3.81. The molecular weight excluding hydrogens is 588 g/mol. The zero-order valence-corrected chi connectivity index (χ0v) is 28.6. The Labute approximate surface area is 272 Å². The second-order valence-corrected chi connectivity index (χ2v) is 14.7. The van der Waals surface area contributed by atoms with E-state index in [0.29, 0.717) is 68.1 Å². The van der Waals surface area contributed by atoms with Crippen LogP contribution >= 0.6 is 0 Å². The molecule has 0 radical (unpaired) electrons. The number of rotatable bonds is 10. The van der Waals surface area contributed by atoms with Gasteiger partial charge in [-0.05, 0) is 64.2 Å². The number of carbonyl (C=O) groups is 2.